The standard InChI is InChI=1S/C12H8F2N2O2/c13-8-2-1-7(5-9(8)14)12-10(6-11(17)18)15-3-4-16-12/h1-5H,6H2,(H,17,18). The molecule has 92 valence electrons. The summed E-state index contributed by atoms with van der Waals surface area (Å²) < 4.78 is 25.9. The van der Waals surface area contributed by atoms with E-state index in [2.05, 4.69) is 9.97 Å². The van der Waals surface area contributed by atoms with E-state index in [9.17, 15) is 13.6 Å². The maximum atomic E-state index is 13.1. The molecule has 1 heterocycles. The molecule has 0 unspecified atom stereocenters. The van der Waals surface area contributed by atoms with E-state index in [0.717, 1.165) is 12.1 Å². The zero-order valence-electron chi connectivity index (χ0n) is 9.10. The first-order valence-electron chi connectivity index (χ1n) is 5.05. The summed E-state index contributed by atoms with van der Waals surface area (Å²) in [6, 6.07) is 3.25. The number of carbonyl (C=O) groups is 1. The Bertz CT molecular complexity index is 602. The van der Waals surface area contributed by atoms with Gasteiger partial charge in [-0.25, -0.2) is 8.78 Å². The molecule has 0 radical (unpaired) electrons. The van der Waals surface area contributed by atoms with Gasteiger partial charge in [-0.05, 0) is 18.2 Å². The maximum absolute atomic E-state index is 13.1. The third kappa shape index (κ3) is 2.48. The Labute approximate surface area is 101 Å². The molecular formula is C12H8F2N2O2. The minimum Gasteiger partial charge on any atom is -0.481 e. The summed E-state index contributed by atoms with van der Waals surface area (Å²) in [6.07, 6.45) is 2.38. The number of carboxylic acid groups (broad SMARTS) is 1. The minimum atomic E-state index is -1.07. The first kappa shape index (κ1) is 12.1. The molecule has 0 spiro atoms. The molecule has 2 rings (SSSR count). The van der Waals surface area contributed by atoms with Crippen molar-refractivity contribution in [3.05, 3.63) is 47.9 Å². The molecule has 1 aromatic heterocycles. The molecule has 1 aromatic carbocycles. The van der Waals surface area contributed by atoms with E-state index >= 15 is 0 Å². The van der Waals surface area contributed by atoms with Crippen LogP contribution < -0.4 is 0 Å². The van der Waals surface area contributed by atoms with E-state index in [1.165, 1.54) is 18.5 Å². The van der Waals surface area contributed by atoms with Crippen LogP contribution >= 0.6 is 0 Å². The van der Waals surface area contributed by atoms with Crippen LogP contribution in [0.25, 0.3) is 11.3 Å². The largest absolute Gasteiger partial charge is 0.481 e. The number of hydrogen-bond acceptors (Lipinski definition) is 3. The summed E-state index contributed by atoms with van der Waals surface area (Å²) in [7, 11) is 0. The van der Waals surface area contributed by atoms with E-state index in [0.29, 0.717) is 5.56 Å². The summed E-state index contributed by atoms with van der Waals surface area (Å²) in [4.78, 5) is 18.5. The molecule has 4 nitrogen and oxygen atoms in total. The number of carboxylic acids is 1. The van der Waals surface area contributed by atoms with E-state index < -0.39 is 17.6 Å². The molecular weight excluding hydrogens is 242 g/mol. The van der Waals surface area contributed by atoms with Gasteiger partial charge in [-0.2, -0.15) is 0 Å². The number of benzene rings is 1. The van der Waals surface area contributed by atoms with Gasteiger partial charge in [0.2, 0.25) is 0 Å². The highest BCUT2D eigenvalue weighted by Crippen LogP contribution is 2.22. The molecule has 1 N–H and O–H groups in total. The van der Waals surface area contributed by atoms with Crippen LogP contribution in [0.4, 0.5) is 8.78 Å². The fourth-order valence-electron chi connectivity index (χ4n) is 1.52. The molecule has 2 aromatic rings. The van der Waals surface area contributed by atoms with Gasteiger partial charge in [-0.15, -0.1) is 0 Å². The number of halogens is 2. The van der Waals surface area contributed by atoms with Gasteiger partial charge >= 0.3 is 5.97 Å². The minimum absolute atomic E-state index is 0.205. The Morgan fingerprint density at radius 2 is 1.89 bits per heavy atom. The van der Waals surface area contributed by atoms with Crippen LogP contribution in [-0.2, 0) is 11.2 Å². The summed E-state index contributed by atoms with van der Waals surface area (Å²) >= 11 is 0. The zero-order chi connectivity index (χ0) is 13.1. The average Bonchev–Trinajstić information content (AvgIpc) is 2.33. The summed E-state index contributed by atoms with van der Waals surface area (Å²) in [6.45, 7) is 0. The van der Waals surface area contributed by atoms with Gasteiger partial charge in [0.1, 0.15) is 0 Å². The fourth-order valence-corrected chi connectivity index (χ4v) is 1.52. The first-order chi connectivity index (χ1) is 8.58. The van der Waals surface area contributed by atoms with Crippen molar-refractivity contribution >= 4 is 5.97 Å². The van der Waals surface area contributed by atoms with Crippen molar-refractivity contribution in [3.63, 3.8) is 0 Å². The van der Waals surface area contributed by atoms with E-state index in [4.69, 9.17) is 5.11 Å². The molecule has 0 aliphatic heterocycles. The highest BCUT2D eigenvalue weighted by atomic mass is 19.2. The number of aromatic nitrogens is 2. The van der Waals surface area contributed by atoms with Crippen molar-refractivity contribution in [2.45, 2.75) is 6.42 Å². The molecule has 0 amide bonds. The van der Waals surface area contributed by atoms with Crippen molar-refractivity contribution in [3.8, 4) is 11.3 Å². The van der Waals surface area contributed by atoms with Gasteiger partial charge in [-0.3, -0.25) is 14.8 Å². The van der Waals surface area contributed by atoms with Crippen LogP contribution in [0.15, 0.2) is 30.6 Å². The first-order valence-corrected chi connectivity index (χ1v) is 5.05. The maximum Gasteiger partial charge on any atom is 0.309 e. The quantitative estimate of drug-likeness (QED) is 0.905. The number of aliphatic carboxylic acids is 1. The Morgan fingerprint density at radius 3 is 2.56 bits per heavy atom. The smallest absolute Gasteiger partial charge is 0.309 e. The number of nitrogens with zero attached hydrogens (tertiary/aromatic N) is 2. The van der Waals surface area contributed by atoms with Crippen LogP contribution in [0.5, 0.6) is 0 Å². The van der Waals surface area contributed by atoms with Crippen LogP contribution in [-0.4, -0.2) is 21.0 Å². The summed E-state index contributed by atoms with van der Waals surface area (Å²) in [5, 5.41) is 8.74. The Morgan fingerprint density at radius 1 is 1.17 bits per heavy atom. The second-order valence-corrected chi connectivity index (χ2v) is 3.55. The fraction of sp³-hybridized carbons (Fsp3) is 0.0833. The van der Waals surface area contributed by atoms with Crippen molar-refractivity contribution < 1.29 is 18.7 Å². The molecule has 0 bridgehead atoms. The predicted octanol–water partition coefficient (Wildman–Crippen LogP) is 2.05. The van der Waals surface area contributed by atoms with Gasteiger partial charge in [0, 0.05) is 18.0 Å². The lowest BCUT2D eigenvalue weighted by Crippen LogP contribution is -2.05. The predicted molar refractivity (Wildman–Crippen MR) is 58.7 cm³/mol. The van der Waals surface area contributed by atoms with E-state index in [1.54, 1.807) is 0 Å². The Balaban J connectivity index is 2.49. The lowest BCUT2D eigenvalue weighted by molar-refractivity contribution is -0.136. The van der Waals surface area contributed by atoms with Crippen molar-refractivity contribution in [1.29, 1.82) is 0 Å². The molecule has 0 aliphatic carbocycles. The van der Waals surface area contributed by atoms with Crippen LogP contribution in [0.2, 0.25) is 0 Å². The highest BCUT2D eigenvalue weighted by Gasteiger charge is 2.13. The molecule has 6 heteroatoms. The number of rotatable bonds is 3. The molecule has 0 saturated carbocycles. The van der Waals surface area contributed by atoms with Crippen molar-refractivity contribution in [1.82, 2.24) is 9.97 Å². The normalized spacial score (nSPS) is 10.3. The van der Waals surface area contributed by atoms with Gasteiger partial charge in [-0.1, -0.05) is 0 Å². The van der Waals surface area contributed by atoms with Crippen molar-refractivity contribution in [2.75, 3.05) is 0 Å². The van der Waals surface area contributed by atoms with Gasteiger partial charge in [0.15, 0.2) is 11.6 Å². The molecule has 0 aliphatic rings. The second-order valence-electron chi connectivity index (χ2n) is 3.55. The SMILES string of the molecule is O=C(O)Cc1nccnc1-c1ccc(F)c(F)c1. The Hall–Kier alpha value is -2.37. The lowest BCUT2D eigenvalue weighted by Gasteiger charge is -2.05. The average molecular weight is 250 g/mol. The van der Waals surface area contributed by atoms with Gasteiger partial charge in [0.05, 0.1) is 17.8 Å². The summed E-state index contributed by atoms with van der Waals surface area (Å²) in [5.74, 6) is -3.05. The Kier molecular flexibility index (Phi) is 3.27. The van der Waals surface area contributed by atoms with Crippen LogP contribution in [0.3, 0.4) is 0 Å². The second kappa shape index (κ2) is 4.87. The van der Waals surface area contributed by atoms with E-state index in [-0.39, 0.29) is 17.8 Å². The van der Waals surface area contributed by atoms with Crippen LogP contribution in [0.1, 0.15) is 5.69 Å². The molecule has 18 heavy (non-hydrogen) atoms. The van der Waals surface area contributed by atoms with Gasteiger partial charge < -0.3 is 5.11 Å². The van der Waals surface area contributed by atoms with E-state index in [1.807, 2.05) is 0 Å². The molecule has 0 fully saturated rings. The highest BCUT2D eigenvalue weighted by molar-refractivity contribution is 5.73. The monoisotopic (exact) mass is 250 g/mol. The topological polar surface area (TPSA) is 63.1 Å². The van der Waals surface area contributed by atoms with Crippen LogP contribution in [0, 0.1) is 11.6 Å². The zero-order valence-corrected chi connectivity index (χ0v) is 9.10. The molecule has 0 atom stereocenters. The molecule has 0 saturated heterocycles. The third-order valence-corrected chi connectivity index (χ3v) is 2.29. The number of hydrogen-bond donors (Lipinski definition) is 1. The summed E-state index contributed by atoms with van der Waals surface area (Å²) in [5.41, 5.74) is 0.730. The van der Waals surface area contributed by atoms with Crippen molar-refractivity contribution in [2.24, 2.45) is 0 Å². The lowest BCUT2D eigenvalue weighted by atomic mass is 10.1. The third-order valence-electron chi connectivity index (χ3n) is 2.29. The van der Waals surface area contributed by atoms with Gasteiger partial charge in [0.25, 0.3) is 0 Å².